The number of carbonyl (C=O) groups is 1. The Hall–Kier alpha value is -4.30. The molecule has 5 rings (SSSR count). The van der Waals surface area contributed by atoms with E-state index in [1.165, 1.54) is 18.5 Å². The predicted molar refractivity (Wildman–Crippen MR) is 131 cm³/mol. The van der Waals surface area contributed by atoms with E-state index >= 15 is 0 Å². The average molecular weight is 473 g/mol. The first-order valence-corrected chi connectivity index (χ1v) is 10.7. The maximum atomic E-state index is 14.2. The number of hydrogen-bond acceptors (Lipinski definition) is 5. The molecule has 0 atom stereocenters. The first-order valence-electron chi connectivity index (χ1n) is 10.3. The highest BCUT2D eigenvalue weighted by molar-refractivity contribution is 6.31. The molecule has 1 amide bonds. The molecule has 3 N–H and O–H groups in total. The van der Waals surface area contributed by atoms with Gasteiger partial charge >= 0.3 is 0 Å². The van der Waals surface area contributed by atoms with E-state index in [0.29, 0.717) is 17.1 Å². The average Bonchev–Trinajstić information content (AvgIpc) is 3.32. The number of nitrogen functional groups attached to an aromatic ring is 1. The van der Waals surface area contributed by atoms with Crippen molar-refractivity contribution in [3.8, 4) is 16.8 Å². The number of aromatic nitrogens is 4. The highest BCUT2D eigenvalue weighted by atomic mass is 35.5. The van der Waals surface area contributed by atoms with E-state index in [2.05, 4.69) is 20.4 Å². The van der Waals surface area contributed by atoms with Gasteiger partial charge in [-0.25, -0.2) is 19.0 Å². The van der Waals surface area contributed by atoms with Crippen molar-refractivity contribution < 1.29 is 9.18 Å². The van der Waals surface area contributed by atoms with Crippen molar-refractivity contribution in [2.75, 3.05) is 11.1 Å². The van der Waals surface area contributed by atoms with E-state index in [4.69, 9.17) is 17.3 Å². The Balaban J connectivity index is 1.49. The van der Waals surface area contributed by atoms with E-state index in [1.54, 1.807) is 29.1 Å². The topological polar surface area (TPSA) is 98.7 Å². The van der Waals surface area contributed by atoms with Gasteiger partial charge in [0.2, 0.25) is 0 Å². The van der Waals surface area contributed by atoms with Crippen LogP contribution in [0.4, 0.5) is 15.9 Å². The van der Waals surface area contributed by atoms with Gasteiger partial charge in [-0.15, -0.1) is 0 Å². The van der Waals surface area contributed by atoms with Crippen LogP contribution in [0.2, 0.25) is 5.02 Å². The summed E-state index contributed by atoms with van der Waals surface area (Å²) in [5, 5.41) is 7.76. The second kappa shape index (κ2) is 8.57. The lowest BCUT2D eigenvalue weighted by atomic mass is 10.1. The number of fused-ring (bicyclic) bond motifs is 1. The van der Waals surface area contributed by atoms with Crippen LogP contribution in [-0.2, 0) is 0 Å². The van der Waals surface area contributed by atoms with Crippen LogP contribution in [0.25, 0.3) is 27.7 Å². The predicted octanol–water partition coefficient (Wildman–Crippen LogP) is 5.42. The molecule has 0 aliphatic carbocycles. The molecule has 2 heterocycles. The van der Waals surface area contributed by atoms with E-state index < -0.39 is 11.7 Å². The van der Waals surface area contributed by atoms with Crippen molar-refractivity contribution in [2.45, 2.75) is 6.92 Å². The number of benzene rings is 3. The molecule has 168 valence electrons. The number of anilines is 2. The van der Waals surface area contributed by atoms with Gasteiger partial charge in [-0.05, 0) is 42.8 Å². The van der Waals surface area contributed by atoms with Gasteiger partial charge in [0.05, 0.1) is 28.1 Å². The van der Waals surface area contributed by atoms with Crippen LogP contribution in [0, 0.1) is 12.7 Å². The molecular weight excluding hydrogens is 455 g/mol. The molecule has 0 saturated heterocycles. The van der Waals surface area contributed by atoms with Gasteiger partial charge < -0.3 is 11.1 Å². The Morgan fingerprint density at radius 2 is 1.94 bits per heavy atom. The van der Waals surface area contributed by atoms with Crippen molar-refractivity contribution in [3.05, 3.63) is 95.3 Å². The fourth-order valence-electron chi connectivity index (χ4n) is 3.73. The molecule has 2 aromatic heterocycles. The number of amides is 1. The van der Waals surface area contributed by atoms with E-state index in [0.717, 1.165) is 27.6 Å². The fourth-order valence-corrected chi connectivity index (χ4v) is 3.90. The third-order valence-corrected chi connectivity index (χ3v) is 5.80. The van der Waals surface area contributed by atoms with Crippen molar-refractivity contribution in [1.82, 2.24) is 19.7 Å². The Morgan fingerprint density at radius 3 is 2.79 bits per heavy atom. The number of nitrogens with zero attached hydrogens (tertiary/aromatic N) is 4. The number of nitrogens with one attached hydrogen (secondary N) is 1. The van der Waals surface area contributed by atoms with Crippen molar-refractivity contribution >= 4 is 39.9 Å². The summed E-state index contributed by atoms with van der Waals surface area (Å²) in [5.74, 6) is -0.734. The zero-order valence-corrected chi connectivity index (χ0v) is 18.7. The second-order valence-corrected chi connectivity index (χ2v) is 8.10. The third kappa shape index (κ3) is 3.84. The molecule has 0 aliphatic heterocycles. The van der Waals surface area contributed by atoms with Gasteiger partial charge in [-0.1, -0.05) is 35.9 Å². The lowest BCUT2D eigenvalue weighted by molar-refractivity contribution is 0.102. The van der Waals surface area contributed by atoms with Crippen LogP contribution in [-0.4, -0.2) is 25.7 Å². The summed E-state index contributed by atoms with van der Waals surface area (Å²) in [7, 11) is 0. The van der Waals surface area contributed by atoms with Gasteiger partial charge in [0.15, 0.2) is 5.82 Å². The van der Waals surface area contributed by atoms with Gasteiger partial charge in [0.1, 0.15) is 12.1 Å². The molecule has 0 bridgehead atoms. The van der Waals surface area contributed by atoms with Crippen LogP contribution in [0.1, 0.15) is 15.9 Å². The molecule has 0 aliphatic rings. The normalized spacial score (nSPS) is 11.0. The number of rotatable bonds is 4. The minimum atomic E-state index is -0.680. The van der Waals surface area contributed by atoms with Crippen LogP contribution >= 0.6 is 11.6 Å². The summed E-state index contributed by atoms with van der Waals surface area (Å²) >= 11 is 5.81. The highest BCUT2D eigenvalue weighted by Gasteiger charge is 2.15. The lowest BCUT2D eigenvalue weighted by Crippen LogP contribution is -2.14. The molecular formula is C25H18ClFN6O. The molecule has 0 unspecified atom stereocenters. The van der Waals surface area contributed by atoms with Crippen LogP contribution in [0.15, 0.2) is 73.3 Å². The first kappa shape index (κ1) is 21.5. The zero-order valence-electron chi connectivity index (χ0n) is 18.0. The summed E-state index contributed by atoms with van der Waals surface area (Å²) in [6.07, 6.45) is 5.01. The molecule has 5 aromatic rings. The number of hydrogen-bond donors (Lipinski definition) is 2. The van der Waals surface area contributed by atoms with E-state index in [1.807, 2.05) is 37.4 Å². The Labute approximate surface area is 199 Å². The van der Waals surface area contributed by atoms with Gasteiger partial charge in [-0.3, -0.25) is 4.79 Å². The summed E-state index contributed by atoms with van der Waals surface area (Å²) in [6.45, 7) is 1.92. The zero-order chi connectivity index (χ0) is 23.8. The smallest absolute Gasteiger partial charge is 0.255 e. The SMILES string of the molecule is Cc1ccc(C(=O)Nc2cccc(Cl)c2F)cc1-n1cc(-c2cccc3c(N)ncnc23)cn1. The molecule has 0 spiro atoms. The Kier molecular flexibility index (Phi) is 5.43. The summed E-state index contributed by atoms with van der Waals surface area (Å²) < 4.78 is 15.9. The van der Waals surface area contributed by atoms with Crippen LogP contribution in [0.3, 0.4) is 0 Å². The maximum absolute atomic E-state index is 14.2. The number of carbonyl (C=O) groups excluding carboxylic acids is 1. The lowest BCUT2D eigenvalue weighted by Gasteiger charge is -2.11. The number of aryl methyl sites for hydroxylation is 1. The number of nitrogens with two attached hydrogens (primary N) is 1. The second-order valence-electron chi connectivity index (χ2n) is 7.69. The molecule has 7 nitrogen and oxygen atoms in total. The summed E-state index contributed by atoms with van der Waals surface area (Å²) in [5.41, 5.74) is 10.4. The van der Waals surface area contributed by atoms with Crippen molar-refractivity contribution in [3.63, 3.8) is 0 Å². The Bertz CT molecular complexity index is 1560. The van der Waals surface area contributed by atoms with Gasteiger partial charge in [0, 0.05) is 28.3 Å². The monoisotopic (exact) mass is 472 g/mol. The van der Waals surface area contributed by atoms with E-state index in [9.17, 15) is 9.18 Å². The standard InChI is InChI=1S/C25H18ClFN6O/c1-14-8-9-15(25(34)32-20-7-3-6-19(26)22(20)27)10-21(14)33-12-16(11-31-33)17-4-2-5-18-23(17)29-13-30-24(18)28/h2-13H,1H3,(H,32,34)(H2,28,29,30). The number of halogens is 2. The molecule has 3 aromatic carbocycles. The molecule has 9 heteroatoms. The summed E-state index contributed by atoms with van der Waals surface area (Å²) in [4.78, 5) is 21.2. The van der Waals surface area contributed by atoms with Crippen molar-refractivity contribution in [1.29, 1.82) is 0 Å². The fraction of sp³-hybridized carbons (Fsp3) is 0.0400. The molecule has 0 saturated carbocycles. The van der Waals surface area contributed by atoms with Crippen molar-refractivity contribution in [2.24, 2.45) is 0 Å². The first-order chi connectivity index (χ1) is 16.4. The molecule has 0 radical (unpaired) electrons. The van der Waals surface area contributed by atoms with Crippen LogP contribution < -0.4 is 11.1 Å². The summed E-state index contributed by atoms with van der Waals surface area (Å²) in [6, 6.07) is 15.3. The minimum absolute atomic E-state index is 0.0122. The quantitative estimate of drug-likeness (QED) is 0.364. The molecule has 0 fully saturated rings. The minimum Gasteiger partial charge on any atom is -0.383 e. The van der Waals surface area contributed by atoms with Crippen LogP contribution in [0.5, 0.6) is 0 Å². The highest BCUT2D eigenvalue weighted by Crippen LogP contribution is 2.30. The third-order valence-electron chi connectivity index (χ3n) is 5.51. The largest absolute Gasteiger partial charge is 0.383 e. The molecule has 34 heavy (non-hydrogen) atoms. The Morgan fingerprint density at radius 1 is 1.12 bits per heavy atom. The number of para-hydroxylation sites is 1. The van der Waals surface area contributed by atoms with E-state index in [-0.39, 0.29) is 10.7 Å². The maximum Gasteiger partial charge on any atom is 0.255 e. The van der Waals surface area contributed by atoms with Gasteiger partial charge in [-0.2, -0.15) is 5.10 Å². The van der Waals surface area contributed by atoms with Gasteiger partial charge in [0.25, 0.3) is 5.91 Å².